The molecular weight excluding hydrogens is 178 g/mol. The van der Waals surface area contributed by atoms with Crippen molar-refractivity contribution in [2.24, 2.45) is 0 Å². The average molecular weight is 193 g/mol. The van der Waals surface area contributed by atoms with E-state index in [0.717, 1.165) is 0 Å². The summed E-state index contributed by atoms with van der Waals surface area (Å²) in [6, 6.07) is 5.13. The van der Waals surface area contributed by atoms with E-state index in [1.807, 2.05) is 18.8 Å². The van der Waals surface area contributed by atoms with Crippen LogP contribution in [-0.4, -0.2) is 12.8 Å². The molecule has 0 spiro atoms. The van der Waals surface area contributed by atoms with Gasteiger partial charge in [-0.2, -0.15) is 0 Å². The minimum absolute atomic E-state index is 0.554. The Hall–Kier alpha value is -0.470. The highest BCUT2D eigenvalue weighted by Crippen LogP contribution is 2.40. The van der Waals surface area contributed by atoms with Crippen molar-refractivity contribution in [3.8, 4) is 0 Å². The third-order valence-corrected chi connectivity index (χ3v) is 3.91. The number of hydrogen-bond donors (Lipinski definition) is 1. The molecule has 1 aromatic rings. The molecule has 1 unspecified atom stereocenters. The third-order valence-electron chi connectivity index (χ3n) is 2.57. The predicted octanol–water partition coefficient (Wildman–Crippen LogP) is 2.67. The Bertz CT molecular complexity index is 333. The largest absolute Gasteiger partial charge is 0.312 e. The standard InChI is InChI=1S/C11H15NS/c1-7-4-8(2)11-9(5-7)10(12-3)6-13-11/h4-5,10,12H,6H2,1-3H3. The summed E-state index contributed by atoms with van der Waals surface area (Å²) < 4.78 is 0. The molecule has 1 heterocycles. The molecule has 70 valence electrons. The molecule has 0 amide bonds. The van der Waals surface area contributed by atoms with Crippen molar-refractivity contribution < 1.29 is 0 Å². The first-order valence-electron chi connectivity index (χ1n) is 4.63. The van der Waals surface area contributed by atoms with Gasteiger partial charge in [-0.05, 0) is 32.0 Å². The maximum atomic E-state index is 3.35. The monoisotopic (exact) mass is 193 g/mol. The summed E-state index contributed by atoms with van der Waals surface area (Å²) in [6.07, 6.45) is 0. The molecular formula is C11H15NS. The van der Waals surface area contributed by atoms with Gasteiger partial charge >= 0.3 is 0 Å². The summed E-state index contributed by atoms with van der Waals surface area (Å²) in [7, 11) is 2.04. The predicted molar refractivity (Wildman–Crippen MR) is 58.4 cm³/mol. The lowest BCUT2D eigenvalue weighted by Crippen LogP contribution is -2.15. The lowest BCUT2D eigenvalue weighted by atomic mass is 10.0. The van der Waals surface area contributed by atoms with Gasteiger partial charge in [-0.3, -0.25) is 0 Å². The van der Waals surface area contributed by atoms with E-state index >= 15 is 0 Å². The summed E-state index contributed by atoms with van der Waals surface area (Å²) in [5.74, 6) is 1.18. The number of nitrogens with one attached hydrogen (secondary N) is 1. The van der Waals surface area contributed by atoms with Crippen molar-refractivity contribution in [3.05, 3.63) is 28.8 Å². The van der Waals surface area contributed by atoms with Crippen LogP contribution >= 0.6 is 11.8 Å². The normalized spacial score (nSPS) is 20.4. The van der Waals surface area contributed by atoms with Crippen molar-refractivity contribution >= 4 is 11.8 Å². The molecule has 1 aromatic carbocycles. The van der Waals surface area contributed by atoms with Crippen molar-refractivity contribution in [3.63, 3.8) is 0 Å². The SMILES string of the molecule is CNC1CSc2c(C)cc(C)cc21. The van der Waals surface area contributed by atoms with E-state index in [1.165, 1.54) is 27.3 Å². The molecule has 0 fully saturated rings. The van der Waals surface area contributed by atoms with Gasteiger partial charge in [0.05, 0.1) is 0 Å². The van der Waals surface area contributed by atoms with Crippen LogP contribution in [-0.2, 0) is 0 Å². The molecule has 2 heteroatoms. The van der Waals surface area contributed by atoms with Crippen LogP contribution in [0.4, 0.5) is 0 Å². The molecule has 0 saturated carbocycles. The van der Waals surface area contributed by atoms with Gasteiger partial charge in [-0.25, -0.2) is 0 Å². The van der Waals surface area contributed by atoms with Crippen LogP contribution in [0.2, 0.25) is 0 Å². The minimum atomic E-state index is 0.554. The second-order valence-corrected chi connectivity index (χ2v) is 4.68. The lowest BCUT2D eigenvalue weighted by molar-refractivity contribution is 0.662. The summed E-state index contributed by atoms with van der Waals surface area (Å²) in [5.41, 5.74) is 4.29. The molecule has 0 saturated heterocycles. The first kappa shape index (κ1) is 9.10. The van der Waals surface area contributed by atoms with Crippen LogP contribution in [0.5, 0.6) is 0 Å². The van der Waals surface area contributed by atoms with Gasteiger partial charge in [0, 0.05) is 16.7 Å². The van der Waals surface area contributed by atoms with E-state index in [4.69, 9.17) is 0 Å². The number of benzene rings is 1. The quantitative estimate of drug-likeness (QED) is 0.736. The van der Waals surface area contributed by atoms with Crippen LogP contribution in [0.3, 0.4) is 0 Å². The molecule has 0 aliphatic carbocycles. The van der Waals surface area contributed by atoms with Crippen LogP contribution in [0.15, 0.2) is 17.0 Å². The molecule has 2 rings (SSSR count). The Labute approximate surface area is 83.9 Å². The number of rotatable bonds is 1. The molecule has 13 heavy (non-hydrogen) atoms. The van der Waals surface area contributed by atoms with E-state index in [9.17, 15) is 0 Å². The second kappa shape index (κ2) is 3.35. The molecule has 0 radical (unpaired) electrons. The van der Waals surface area contributed by atoms with Gasteiger partial charge in [0.2, 0.25) is 0 Å². The topological polar surface area (TPSA) is 12.0 Å². The van der Waals surface area contributed by atoms with Crippen LogP contribution in [0.1, 0.15) is 22.7 Å². The second-order valence-electron chi connectivity index (χ2n) is 3.65. The Kier molecular flexibility index (Phi) is 2.35. The van der Waals surface area contributed by atoms with E-state index in [1.54, 1.807) is 0 Å². The van der Waals surface area contributed by atoms with E-state index in [2.05, 4.69) is 31.3 Å². The fourth-order valence-corrected chi connectivity index (χ4v) is 3.27. The van der Waals surface area contributed by atoms with Crippen molar-refractivity contribution in [2.75, 3.05) is 12.8 Å². The van der Waals surface area contributed by atoms with Crippen LogP contribution in [0, 0.1) is 13.8 Å². The fraction of sp³-hybridized carbons (Fsp3) is 0.455. The van der Waals surface area contributed by atoms with Gasteiger partial charge in [-0.15, -0.1) is 11.8 Å². The maximum absolute atomic E-state index is 3.35. The molecule has 1 nitrogen and oxygen atoms in total. The molecule has 1 N–H and O–H groups in total. The number of aryl methyl sites for hydroxylation is 2. The van der Waals surface area contributed by atoms with Crippen molar-refractivity contribution in [1.82, 2.24) is 5.32 Å². The number of thioether (sulfide) groups is 1. The van der Waals surface area contributed by atoms with Gasteiger partial charge in [0.25, 0.3) is 0 Å². The Balaban J connectivity index is 2.51. The Morgan fingerprint density at radius 2 is 2.15 bits per heavy atom. The molecule has 1 aliphatic rings. The highest BCUT2D eigenvalue weighted by Gasteiger charge is 2.22. The minimum Gasteiger partial charge on any atom is -0.312 e. The summed E-state index contributed by atoms with van der Waals surface area (Å²) >= 11 is 1.97. The molecule has 1 aliphatic heterocycles. The summed E-state index contributed by atoms with van der Waals surface area (Å²) in [6.45, 7) is 4.37. The summed E-state index contributed by atoms with van der Waals surface area (Å²) in [4.78, 5) is 1.49. The highest BCUT2D eigenvalue weighted by atomic mass is 32.2. The molecule has 0 bridgehead atoms. The lowest BCUT2D eigenvalue weighted by Gasteiger charge is -2.10. The van der Waals surface area contributed by atoms with Gasteiger partial charge in [0.1, 0.15) is 0 Å². The van der Waals surface area contributed by atoms with Crippen molar-refractivity contribution in [2.45, 2.75) is 24.8 Å². The van der Waals surface area contributed by atoms with Gasteiger partial charge in [-0.1, -0.05) is 17.7 Å². The highest BCUT2D eigenvalue weighted by molar-refractivity contribution is 7.99. The third kappa shape index (κ3) is 1.49. The Morgan fingerprint density at radius 3 is 2.85 bits per heavy atom. The van der Waals surface area contributed by atoms with Crippen LogP contribution in [0.25, 0.3) is 0 Å². The van der Waals surface area contributed by atoms with Crippen molar-refractivity contribution in [1.29, 1.82) is 0 Å². The van der Waals surface area contributed by atoms with E-state index < -0.39 is 0 Å². The van der Waals surface area contributed by atoms with Gasteiger partial charge in [0.15, 0.2) is 0 Å². The van der Waals surface area contributed by atoms with Crippen LogP contribution < -0.4 is 5.32 Å². The zero-order valence-electron chi connectivity index (χ0n) is 8.35. The Morgan fingerprint density at radius 1 is 1.38 bits per heavy atom. The number of fused-ring (bicyclic) bond motifs is 1. The average Bonchev–Trinajstić information content (AvgIpc) is 2.47. The fourth-order valence-electron chi connectivity index (χ4n) is 1.94. The van der Waals surface area contributed by atoms with Gasteiger partial charge < -0.3 is 5.32 Å². The number of hydrogen-bond acceptors (Lipinski definition) is 2. The molecule has 0 aromatic heterocycles. The zero-order chi connectivity index (χ0) is 9.42. The smallest absolute Gasteiger partial charge is 0.0424 e. The van der Waals surface area contributed by atoms with E-state index in [-0.39, 0.29) is 0 Å². The first-order chi connectivity index (χ1) is 6.22. The van der Waals surface area contributed by atoms with E-state index in [0.29, 0.717) is 6.04 Å². The zero-order valence-corrected chi connectivity index (χ0v) is 9.16. The molecule has 1 atom stereocenters. The summed E-state index contributed by atoms with van der Waals surface area (Å²) in [5, 5.41) is 3.35. The first-order valence-corrected chi connectivity index (χ1v) is 5.62. The maximum Gasteiger partial charge on any atom is 0.0424 e.